The van der Waals surface area contributed by atoms with Gasteiger partial charge in [0.25, 0.3) is 11.2 Å². The van der Waals surface area contributed by atoms with Gasteiger partial charge in [-0.2, -0.15) is 9.78 Å². The monoisotopic (exact) mass is 474 g/mol. The molecule has 0 unspecified atom stereocenters. The lowest BCUT2D eigenvalue weighted by molar-refractivity contribution is -0.385. The lowest BCUT2D eigenvalue weighted by atomic mass is 10.1. The first-order valence-corrected chi connectivity index (χ1v) is 9.73. The highest BCUT2D eigenvalue weighted by molar-refractivity contribution is 9.10. The van der Waals surface area contributed by atoms with Crippen molar-refractivity contribution in [3.05, 3.63) is 66.7 Å². The maximum absolute atomic E-state index is 13.1. The second-order valence-electron chi connectivity index (χ2n) is 6.67. The third-order valence-corrected chi connectivity index (χ3v) is 4.88. The Morgan fingerprint density at radius 2 is 1.87 bits per heavy atom. The fraction of sp³-hybridized carbons (Fsp3) is 0.250. The topological polar surface area (TPSA) is 109 Å². The zero-order chi connectivity index (χ0) is 22.0. The van der Waals surface area contributed by atoms with Gasteiger partial charge in [-0.15, -0.1) is 0 Å². The molecule has 0 N–H and O–H groups in total. The van der Waals surface area contributed by atoms with E-state index >= 15 is 0 Å². The van der Waals surface area contributed by atoms with Crippen LogP contribution in [0.3, 0.4) is 0 Å². The summed E-state index contributed by atoms with van der Waals surface area (Å²) in [6.07, 6.45) is 1.25. The summed E-state index contributed by atoms with van der Waals surface area (Å²) in [5, 5.41) is 16.2. The summed E-state index contributed by atoms with van der Waals surface area (Å²) in [4.78, 5) is 28.6. The van der Waals surface area contributed by atoms with Gasteiger partial charge in [0.05, 0.1) is 47.9 Å². The fourth-order valence-corrected chi connectivity index (χ4v) is 3.28. The fourth-order valence-electron chi connectivity index (χ4n) is 2.92. The Labute approximate surface area is 180 Å². The molecule has 0 radical (unpaired) electrons. The molecule has 10 heteroatoms. The minimum Gasteiger partial charge on any atom is -0.493 e. The minimum atomic E-state index is -0.550. The molecule has 3 aromatic rings. The van der Waals surface area contributed by atoms with Gasteiger partial charge in [-0.05, 0) is 24.3 Å². The molecule has 0 bridgehead atoms. The molecule has 9 nitrogen and oxygen atoms in total. The standard InChI is InChI=1S/C20H19BrN4O5/c1-11(2)19-23-15-6-5-13(21)8-14(15)20(26)24(19)22-10-12-7-17(29-3)18(30-4)9-16(12)25(27)28/h5-11H,1-4H3. The van der Waals surface area contributed by atoms with E-state index in [1.165, 1.54) is 37.2 Å². The molecule has 0 fully saturated rings. The van der Waals surface area contributed by atoms with E-state index in [0.29, 0.717) is 22.5 Å². The number of halogens is 1. The third-order valence-electron chi connectivity index (χ3n) is 4.39. The minimum absolute atomic E-state index is 0.108. The Kier molecular flexibility index (Phi) is 6.16. The maximum atomic E-state index is 13.1. The number of hydrogen-bond acceptors (Lipinski definition) is 7. The predicted molar refractivity (Wildman–Crippen MR) is 117 cm³/mol. The largest absolute Gasteiger partial charge is 0.493 e. The van der Waals surface area contributed by atoms with Crippen LogP contribution in [-0.4, -0.2) is 35.0 Å². The first-order chi connectivity index (χ1) is 14.3. The first kappa shape index (κ1) is 21.4. The van der Waals surface area contributed by atoms with Crippen LogP contribution in [0.4, 0.5) is 5.69 Å². The molecule has 2 aromatic carbocycles. The number of rotatable bonds is 6. The zero-order valence-corrected chi connectivity index (χ0v) is 18.3. The summed E-state index contributed by atoms with van der Waals surface area (Å²) in [5.41, 5.74) is 0.112. The molecular formula is C20H19BrN4O5. The highest BCUT2D eigenvalue weighted by atomic mass is 79.9. The van der Waals surface area contributed by atoms with E-state index in [0.717, 1.165) is 4.47 Å². The van der Waals surface area contributed by atoms with E-state index in [2.05, 4.69) is 26.0 Å². The molecule has 30 heavy (non-hydrogen) atoms. The van der Waals surface area contributed by atoms with Gasteiger partial charge >= 0.3 is 0 Å². The summed E-state index contributed by atoms with van der Waals surface area (Å²) < 4.78 is 12.3. The Morgan fingerprint density at radius 3 is 2.47 bits per heavy atom. The molecule has 3 rings (SSSR count). The smallest absolute Gasteiger partial charge is 0.282 e. The van der Waals surface area contributed by atoms with Gasteiger partial charge in [-0.1, -0.05) is 29.8 Å². The number of nitro groups is 1. The molecule has 1 heterocycles. The SMILES string of the molecule is COc1cc(C=Nn2c(C(C)C)nc3ccc(Br)cc3c2=O)c([N+](=O)[O-])cc1OC. The van der Waals surface area contributed by atoms with E-state index in [9.17, 15) is 14.9 Å². The van der Waals surface area contributed by atoms with Gasteiger partial charge in [0.1, 0.15) is 5.82 Å². The third kappa shape index (κ3) is 4.04. The van der Waals surface area contributed by atoms with Gasteiger partial charge in [0.15, 0.2) is 11.5 Å². The van der Waals surface area contributed by atoms with Crippen molar-refractivity contribution in [2.24, 2.45) is 5.10 Å². The number of nitro benzene ring substituents is 1. The van der Waals surface area contributed by atoms with Crippen molar-refractivity contribution in [2.45, 2.75) is 19.8 Å². The van der Waals surface area contributed by atoms with Crippen LogP contribution in [-0.2, 0) is 0 Å². The Bertz CT molecular complexity index is 1220. The highest BCUT2D eigenvalue weighted by Crippen LogP contribution is 2.33. The number of hydrogen-bond donors (Lipinski definition) is 0. The van der Waals surface area contributed by atoms with E-state index in [-0.39, 0.29) is 28.5 Å². The molecule has 0 saturated carbocycles. The van der Waals surface area contributed by atoms with Crippen LogP contribution in [0.2, 0.25) is 0 Å². The van der Waals surface area contributed by atoms with Crippen molar-refractivity contribution in [2.75, 3.05) is 14.2 Å². The van der Waals surface area contributed by atoms with Crippen LogP contribution in [0.1, 0.15) is 31.2 Å². The summed E-state index contributed by atoms with van der Waals surface area (Å²) in [7, 11) is 2.82. The normalized spacial score (nSPS) is 11.4. The van der Waals surface area contributed by atoms with Crippen LogP contribution in [0.5, 0.6) is 11.5 Å². The van der Waals surface area contributed by atoms with Crippen LogP contribution in [0.15, 0.2) is 44.7 Å². The number of methoxy groups -OCH3 is 2. The molecule has 0 amide bonds. The second kappa shape index (κ2) is 8.62. The maximum Gasteiger partial charge on any atom is 0.282 e. The molecule has 0 spiro atoms. The summed E-state index contributed by atoms with van der Waals surface area (Å²) in [6, 6.07) is 7.91. The van der Waals surface area contributed by atoms with Crippen LogP contribution in [0.25, 0.3) is 10.9 Å². The average molecular weight is 475 g/mol. The second-order valence-corrected chi connectivity index (χ2v) is 7.59. The molecule has 0 aliphatic carbocycles. The van der Waals surface area contributed by atoms with Gasteiger partial charge < -0.3 is 9.47 Å². The summed E-state index contributed by atoms with van der Waals surface area (Å²) >= 11 is 3.35. The molecule has 0 atom stereocenters. The average Bonchev–Trinajstić information content (AvgIpc) is 2.72. The van der Waals surface area contributed by atoms with Gasteiger partial charge in [-0.3, -0.25) is 14.9 Å². The molecule has 0 saturated heterocycles. The number of benzene rings is 2. The Balaban J connectivity index is 2.23. The van der Waals surface area contributed by atoms with E-state index in [4.69, 9.17) is 9.47 Å². The van der Waals surface area contributed by atoms with E-state index in [1.54, 1.807) is 18.2 Å². The number of fused-ring (bicyclic) bond motifs is 1. The van der Waals surface area contributed by atoms with Crippen molar-refractivity contribution in [3.8, 4) is 11.5 Å². The first-order valence-electron chi connectivity index (χ1n) is 8.93. The van der Waals surface area contributed by atoms with Gasteiger partial charge in [0.2, 0.25) is 0 Å². The molecule has 1 aromatic heterocycles. The predicted octanol–water partition coefficient (Wildman–Crippen LogP) is 4.09. The van der Waals surface area contributed by atoms with E-state index in [1.807, 2.05) is 13.8 Å². The molecule has 0 aliphatic rings. The van der Waals surface area contributed by atoms with Crippen LogP contribution >= 0.6 is 15.9 Å². The molecule has 156 valence electrons. The Hall–Kier alpha value is -3.27. The Morgan fingerprint density at radius 1 is 1.20 bits per heavy atom. The zero-order valence-electron chi connectivity index (χ0n) is 16.7. The highest BCUT2D eigenvalue weighted by Gasteiger charge is 2.19. The summed E-state index contributed by atoms with van der Waals surface area (Å²) in [6.45, 7) is 3.77. The van der Waals surface area contributed by atoms with Crippen molar-refractivity contribution >= 4 is 38.7 Å². The van der Waals surface area contributed by atoms with Crippen molar-refractivity contribution in [1.29, 1.82) is 0 Å². The lowest BCUT2D eigenvalue weighted by Gasteiger charge is -2.12. The lowest BCUT2D eigenvalue weighted by Crippen LogP contribution is -2.23. The molecule has 0 aliphatic heterocycles. The number of aromatic nitrogens is 2. The summed E-state index contributed by atoms with van der Waals surface area (Å²) in [5.74, 6) is 0.859. The van der Waals surface area contributed by atoms with Crippen LogP contribution < -0.4 is 15.0 Å². The number of ether oxygens (including phenoxy) is 2. The van der Waals surface area contributed by atoms with Gasteiger partial charge in [-0.25, -0.2) is 4.98 Å². The van der Waals surface area contributed by atoms with Crippen molar-refractivity contribution < 1.29 is 14.4 Å². The number of nitrogens with zero attached hydrogens (tertiary/aromatic N) is 4. The quantitative estimate of drug-likeness (QED) is 0.302. The van der Waals surface area contributed by atoms with Gasteiger partial charge in [0, 0.05) is 10.4 Å². The van der Waals surface area contributed by atoms with E-state index < -0.39 is 4.92 Å². The molecular weight excluding hydrogens is 456 g/mol. The van der Waals surface area contributed by atoms with Crippen LogP contribution in [0, 0.1) is 10.1 Å². The van der Waals surface area contributed by atoms with Crippen molar-refractivity contribution in [1.82, 2.24) is 9.66 Å². The van der Waals surface area contributed by atoms with Crippen molar-refractivity contribution in [3.63, 3.8) is 0 Å².